The summed E-state index contributed by atoms with van der Waals surface area (Å²) in [5, 5.41) is 2.46. The van der Waals surface area contributed by atoms with Crippen LogP contribution in [0.15, 0.2) is 59.8 Å². The van der Waals surface area contributed by atoms with Gasteiger partial charge in [0.2, 0.25) is 5.91 Å². The van der Waals surface area contributed by atoms with E-state index in [1.54, 1.807) is 12.1 Å². The molecule has 31 heavy (non-hydrogen) atoms. The van der Waals surface area contributed by atoms with Crippen molar-refractivity contribution in [1.82, 2.24) is 4.57 Å². The molecule has 2 heterocycles. The number of nitrogens with zero attached hydrogens (tertiary/aromatic N) is 1. The van der Waals surface area contributed by atoms with E-state index in [2.05, 4.69) is 10.0 Å². The highest BCUT2D eigenvalue weighted by molar-refractivity contribution is 7.92. The molecular formula is C20H15F4N3O3S. The zero-order valence-corrected chi connectivity index (χ0v) is 16.5. The number of nitrogens with one attached hydrogen (secondary N) is 2. The fourth-order valence-electron chi connectivity index (χ4n) is 3.30. The lowest BCUT2D eigenvalue weighted by Gasteiger charge is -2.20. The largest absolute Gasteiger partial charge is 0.416 e. The predicted molar refractivity (Wildman–Crippen MR) is 105 cm³/mol. The number of hydrogen-bond donors (Lipinski definition) is 2. The van der Waals surface area contributed by atoms with Crippen LogP contribution < -0.4 is 10.0 Å². The highest BCUT2D eigenvalue weighted by atomic mass is 32.2. The first kappa shape index (κ1) is 20.9. The van der Waals surface area contributed by atoms with E-state index in [0.717, 1.165) is 24.3 Å². The lowest BCUT2D eigenvalue weighted by atomic mass is 10.0. The first-order chi connectivity index (χ1) is 14.5. The first-order valence-corrected chi connectivity index (χ1v) is 10.5. The first-order valence-electron chi connectivity index (χ1n) is 9.04. The van der Waals surface area contributed by atoms with Crippen molar-refractivity contribution >= 4 is 27.3 Å². The van der Waals surface area contributed by atoms with E-state index >= 15 is 0 Å². The molecule has 2 N–H and O–H groups in total. The molecule has 0 bridgehead atoms. The molecule has 162 valence electrons. The SMILES string of the molecule is O=C1CCc2cc(S(=O)(=O)Nc3cc(C(F)(F)F)ccc3-n3cccc3)c(F)cc2N1. The quantitative estimate of drug-likeness (QED) is 0.578. The maximum Gasteiger partial charge on any atom is 0.416 e. The van der Waals surface area contributed by atoms with Gasteiger partial charge in [-0.2, -0.15) is 13.2 Å². The molecule has 1 aliphatic heterocycles. The number of hydrogen-bond acceptors (Lipinski definition) is 3. The highest BCUT2D eigenvalue weighted by Gasteiger charge is 2.32. The van der Waals surface area contributed by atoms with Crippen LogP contribution in [0.3, 0.4) is 0 Å². The number of rotatable bonds is 4. The minimum absolute atomic E-state index is 0.108. The Labute approximate surface area is 174 Å². The number of halogens is 4. The molecule has 0 saturated heterocycles. The smallest absolute Gasteiger partial charge is 0.326 e. The fraction of sp³-hybridized carbons (Fsp3) is 0.150. The lowest BCUT2D eigenvalue weighted by molar-refractivity contribution is -0.137. The molecule has 6 nitrogen and oxygen atoms in total. The van der Waals surface area contributed by atoms with Crippen molar-refractivity contribution in [2.24, 2.45) is 0 Å². The predicted octanol–water partition coefficient (Wildman–Crippen LogP) is 4.32. The number of sulfonamides is 1. The van der Waals surface area contributed by atoms with Crippen LogP contribution in [0.4, 0.5) is 28.9 Å². The Hall–Kier alpha value is -3.34. The van der Waals surface area contributed by atoms with Crippen molar-refractivity contribution < 1.29 is 30.8 Å². The lowest BCUT2D eigenvalue weighted by Crippen LogP contribution is -2.21. The molecule has 1 aliphatic rings. The second kappa shape index (κ2) is 7.41. The molecule has 11 heteroatoms. The number of benzene rings is 2. The summed E-state index contributed by atoms with van der Waals surface area (Å²) >= 11 is 0. The summed E-state index contributed by atoms with van der Waals surface area (Å²) in [6.07, 6.45) is -1.32. The number of carbonyl (C=O) groups excluding carboxylic acids is 1. The van der Waals surface area contributed by atoms with Crippen molar-refractivity contribution in [3.8, 4) is 5.69 Å². The van der Waals surface area contributed by atoms with E-state index in [-0.39, 0.29) is 35.8 Å². The molecule has 0 aliphatic carbocycles. The molecule has 0 saturated carbocycles. The third kappa shape index (κ3) is 4.13. The molecule has 0 fully saturated rings. The van der Waals surface area contributed by atoms with Crippen molar-refractivity contribution in [2.75, 3.05) is 10.0 Å². The van der Waals surface area contributed by atoms with Crippen LogP contribution in [0.1, 0.15) is 17.5 Å². The van der Waals surface area contributed by atoms with Crippen LogP contribution in [0.5, 0.6) is 0 Å². The fourth-order valence-corrected chi connectivity index (χ4v) is 4.48. The number of fused-ring (bicyclic) bond motifs is 1. The maximum absolute atomic E-state index is 14.6. The molecular weight excluding hydrogens is 438 g/mol. The monoisotopic (exact) mass is 453 g/mol. The van der Waals surface area contributed by atoms with Crippen LogP contribution >= 0.6 is 0 Å². The van der Waals surface area contributed by atoms with Crippen molar-refractivity contribution in [3.63, 3.8) is 0 Å². The number of aromatic nitrogens is 1. The van der Waals surface area contributed by atoms with Gasteiger partial charge in [-0.25, -0.2) is 12.8 Å². The van der Waals surface area contributed by atoms with Crippen LogP contribution in [-0.2, 0) is 27.4 Å². The summed E-state index contributed by atoms with van der Waals surface area (Å²) in [5.74, 6) is -1.45. The average molecular weight is 453 g/mol. The number of aryl methyl sites for hydroxylation is 1. The molecule has 2 aromatic carbocycles. The number of anilines is 2. The molecule has 0 atom stereocenters. The minimum Gasteiger partial charge on any atom is -0.326 e. The Morgan fingerprint density at radius 3 is 2.42 bits per heavy atom. The Bertz CT molecular complexity index is 1270. The second-order valence-corrected chi connectivity index (χ2v) is 8.56. The summed E-state index contributed by atoms with van der Waals surface area (Å²) in [7, 11) is -4.59. The third-order valence-electron chi connectivity index (χ3n) is 4.79. The Balaban J connectivity index is 1.79. The maximum atomic E-state index is 14.6. The van der Waals surface area contributed by atoms with Gasteiger partial charge in [0.1, 0.15) is 10.7 Å². The van der Waals surface area contributed by atoms with Crippen molar-refractivity contribution in [2.45, 2.75) is 23.9 Å². The van der Waals surface area contributed by atoms with Gasteiger partial charge in [0, 0.05) is 24.5 Å². The Morgan fingerprint density at radius 1 is 1.03 bits per heavy atom. The van der Waals surface area contributed by atoms with Crippen molar-refractivity contribution in [3.05, 3.63) is 71.8 Å². The molecule has 1 aromatic heterocycles. The van der Waals surface area contributed by atoms with E-state index in [0.29, 0.717) is 11.6 Å². The Morgan fingerprint density at radius 2 is 1.74 bits per heavy atom. The van der Waals surface area contributed by atoms with Gasteiger partial charge in [0.15, 0.2) is 0 Å². The van der Waals surface area contributed by atoms with E-state index in [1.165, 1.54) is 17.0 Å². The third-order valence-corrected chi connectivity index (χ3v) is 6.17. The molecule has 0 spiro atoms. The molecule has 0 unspecified atom stereocenters. The van der Waals surface area contributed by atoms with Gasteiger partial charge < -0.3 is 9.88 Å². The summed E-state index contributed by atoms with van der Waals surface area (Å²) in [6.45, 7) is 0. The van der Waals surface area contributed by atoms with Crippen LogP contribution in [0.2, 0.25) is 0 Å². The van der Waals surface area contributed by atoms with Gasteiger partial charge in [0.25, 0.3) is 10.0 Å². The summed E-state index contributed by atoms with van der Waals surface area (Å²) < 4.78 is 83.6. The van der Waals surface area contributed by atoms with Crippen LogP contribution in [-0.4, -0.2) is 18.9 Å². The van der Waals surface area contributed by atoms with Gasteiger partial charge in [-0.05, 0) is 54.4 Å². The minimum atomic E-state index is -4.70. The summed E-state index contributed by atoms with van der Waals surface area (Å²) in [5.41, 5.74) is -0.714. The van der Waals surface area contributed by atoms with Crippen LogP contribution in [0, 0.1) is 5.82 Å². The molecule has 0 radical (unpaired) electrons. The van der Waals surface area contributed by atoms with Crippen LogP contribution in [0.25, 0.3) is 5.69 Å². The van der Waals surface area contributed by atoms with Gasteiger partial charge in [-0.15, -0.1) is 0 Å². The zero-order valence-electron chi connectivity index (χ0n) is 15.7. The van der Waals surface area contributed by atoms with E-state index in [9.17, 15) is 30.8 Å². The number of carbonyl (C=O) groups is 1. The van der Waals surface area contributed by atoms with Gasteiger partial charge >= 0.3 is 6.18 Å². The molecule has 3 aromatic rings. The standard InChI is InChI=1S/C20H15F4N3O3S/c21-14-11-15-12(3-6-19(28)25-15)9-18(14)31(29,30)26-16-10-13(20(22,23)24)4-5-17(16)27-7-1-2-8-27/h1-2,4-5,7-11,26H,3,6H2,(H,25,28). The zero-order chi connectivity index (χ0) is 22.4. The Kier molecular flexibility index (Phi) is 5.00. The molecule has 4 rings (SSSR count). The number of amides is 1. The van der Waals surface area contributed by atoms with Crippen molar-refractivity contribution in [1.29, 1.82) is 0 Å². The summed E-state index contributed by atoms with van der Waals surface area (Å²) in [4.78, 5) is 10.7. The number of alkyl halides is 3. The van der Waals surface area contributed by atoms with Gasteiger partial charge in [0.05, 0.1) is 16.9 Å². The van der Waals surface area contributed by atoms with E-state index < -0.39 is 32.5 Å². The summed E-state index contributed by atoms with van der Waals surface area (Å²) in [6, 6.07) is 7.81. The normalized spacial score (nSPS) is 14.1. The van der Waals surface area contributed by atoms with Gasteiger partial charge in [-0.3, -0.25) is 9.52 Å². The average Bonchev–Trinajstić information content (AvgIpc) is 3.20. The molecule has 1 amide bonds. The van der Waals surface area contributed by atoms with E-state index in [4.69, 9.17) is 0 Å². The van der Waals surface area contributed by atoms with Gasteiger partial charge in [-0.1, -0.05) is 0 Å². The van der Waals surface area contributed by atoms with E-state index in [1.807, 2.05) is 0 Å². The highest BCUT2D eigenvalue weighted by Crippen LogP contribution is 2.35. The topological polar surface area (TPSA) is 80.2 Å². The second-order valence-electron chi connectivity index (χ2n) is 6.91.